The fourth-order valence-corrected chi connectivity index (χ4v) is 2.02. The second-order valence-corrected chi connectivity index (χ2v) is 4.74. The molecular formula is C13H19N3O2S. The largest absolute Gasteiger partial charge is 0.497 e. The van der Waals surface area contributed by atoms with Crippen LogP contribution < -0.4 is 20.9 Å². The Labute approximate surface area is 118 Å². The average molecular weight is 281 g/mol. The van der Waals surface area contributed by atoms with Gasteiger partial charge in [-0.3, -0.25) is 10.9 Å². The molecule has 104 valence electrons. The van der Waals surface area contributed by atoms with E-state index in [4.69, 9.17) is 21.7 Å². The van der Waals surface area contributed by atoms with E-state index >= 15 is 0 Å². The van der Waals surface area contributed by atoms with Gasteiger partial charge in [0.25, 0.3) is 0 Å². The Morgan fingerprint density at radius 2 is 2.42 bits per heavy atom. The quantitative estimate of drug-likeness (QED) is 0.564. The molecule has 1 fully saturated rings. The summed E-state index contributed by atoms with van der Waals surface area (Å²) in [5.41, 5.74) is 6.84. The van der Waals surface area contributed by atoms with E-state index in [1.165, 1.54) is 0 Å². The molecule has 0 unspecified atom stereocenters. The van der Waals surface area contributed by atoms with E-state index in [0.29, 0.717) is 5.11 Å². The molecule has 1 aromatic carbocycles. The number of hydrazine groups is 1. The molecule has 5 nitrogen and oxygen atoms in total. The average Bonchev–Trinajstić information content (AvgIpc) is 2.96. The number of methoxy groups -OCH3 is 1. The van der Waals surface area contributed by atoms with Crippen molar-refractivity contribution in [2.75, 3.05) is 25.7 Å². The lowest BCUT2D eigenvalue weighted by Gasteiger charge is -2.15. The summed E-state index contributed by atoms with van der Waals surface area (Å²) in [6.45, 7) is 1.60. The molecular weight excluding hydrogens is 262 g/mol. The van der Waals surface area contributed by atoms with Crippen LogP contribution in [0.25, 0.3) is 0 Å². The number of hydrogen-bond acceptors (Lipinski definition) is 4. The number of nitrogens with one attached hydrogen (secondary N) is 3. The van der Waals surface area contributed by atoms with E-state index < -0.39 is 0 Å². The highest BCUT2D eigenvalue weighted by Gasteiger charge is 2.15. The van der Waals surface area contributed by atoms with Crippen molar-refractivity contribution in [2.24, 2.45) is 0 Å². The number of benzene rings is 1. The van der Waals surface area contributed by atoms with Gasteiger partial charge in [-0.2, -0.15) is 0 Å². The lowest BCUT2D eigenvalue weighted by molar-refractivity contribution is 0.114. The van der Waals surface area contributed by atoms with Crippen molar-refractivity contribution in [1.82, 2.24) is 10.7 Å². The molecule has 1 aromatic rings. The first-order valence-corrected chi connectivity index (χ1v) is 6.74. The molecule has 3 N–H and O–H groups in total. The van der Waals surface area contributed by atoms with Gasteiger partial charge in [-0.05, 0) is 37.2 Å². The van der Waals surface area contributed by atoms with Gasteiger partial charge in [-0.25, -0.2) is 0 Å². The first kappa shape index (κ1) is 13.9. The van der Waals surface area contributed by atoms with Gasteiger partial charge in [0.15, 0.2) is 5.11 Å². The van der Waals surface area contributed by atoms with Gasteiger partial charge in [-0.15, -0.1) is 0 Å². The number of thiocarbonyl (C=S) groups is 1. The third-order valence-electron chi connectivity index (χ3n) is 2.90. The van der Waals surface area contributed by atoms with Gasteiger partial charge in [-0.1, -0.05) is 6.07 Å². The predicted molar refractivity (Wildman–Crippen MR) is 79.3 cm³/mol. The zero-order valence-corrected chi connectivity index (χ0v) is 11.8. The van der Waals surface area contributed by atoms with Crippen LogP contribution in [0.1, 0.15) is 12.8 Å². The van der Waals surface area contributed by atoms with Gasteiger partial charge >= 0.3 is 0 Å². The fraction of sp³-hybridized carbons (Fsp3) is 0.462. The second kappa shape index (κ2) is 7.16. The summed E-state index contributed by atoms with van der Waals surface area (Å²) in [7, 11) is 1.64. The molecule has 1 aliphatic heterocycles. The minimum Gasteiger partial charge on any atom is -0.497 e. The van der Waals surface area contributed by atoms with Crippen molar-refractivity contribution in [1.29, 1.82) is 0 Å². The molecule has 0 saturated carbocycles. The number of rotatable bonds is 5. The van der Waals surface area contributed by atoms with E-state index in [9.17, 15) is 0 Å². The Hall–Kier alpha value is -1.53. The van der Waals surface area contributed by atoms with Crippen LogP contribution in [-0.4, -0.2) is 31.5 Å². The lowest BCUT2D eigenvalue weighted by atomic mass is 10.2. The summed E-state index contributed by atoms with van der Waals surface area (Å²) < 4.78 is 10.7. The maximum atomic E-state index is 5.51. The molecule has 2 rings (SSSR count). The van der Waals surface area contributed by atoms with E-state index in [2.05, 4.69) is 16.2 Å². The zero-order chi connectivity index (χ0) is 13.5. The molecule has 0 radical (unpaired) electrons. The first-order valence-electron chi connectivity index (χ1n) is 6.33. The third-order valence-corrected chi connectivity index (χ3v) is 3.15. The second-order valence-electron chi connectivity index (χ2n) is 4.33. The summed E-state index contributed by atoms with van der Waals surface area (Å²) in [5, 5.41) is 3.68. The molecule has 6 heteroatoms. The van der Waals surface area contributed by atoms with E-state index in [1.807, 2.05) is 24.3 Å². The summed E-state index contributed by atoms with van der Waals surface area (Å²) in [6.07, 6.45) is 2.50. The van der Waals surface area contributed by atoms with Gasteiger partial charge in [0, 0.05) is 19.2 Å². The van der Waals surface area contributed by atoms with Gasteiger partial charge in [0.05, 0.1) is 18.9 Å². The Morgan fingerprint density at radius 3 is 3.16 bits per heavy atom. The maximum absolute atomic E-state index is 5.51. The van der Waals surface area contributed by atoms with E-state index in [1.54, 1.807) is 7.11 Å². The zero-order valence-electron chi connectivity index (χ0n) is 10.9. The van der Waals surface area contributed by atoms with Crippen molar-refractivity contribution in [3.8, 4) is 5.75 Å². The molecule has 0 aliphatic carbocycles. The summed E-state index contributed by atoms with van der Waals surface area (Å²) in [5.74, 6) is 0.796. The summed E-state index contributed by atoms with van der Waals surface area (Å²) >= 11 is 5.18. The van der Waals surface area contributed by atoms with Crippen molar-refractivity contribution in [3.05, 3.63) is 24.3 Å². The van der Waals surface area contributed by atoms with Crippen LogP contribution in [0.5, 0.6) is 5.75 Å². The fourth-order valence-electron chi connectivity index (χ4n) is 1.89. The highest BCUT2D eigenvalue weighted by Crippen LogP contribution is 2.15. The van der Waals surface area contributed by atoms with Gasteiger partial charge in [0.1, 0.15) is 5.75 Å². The SMILES string of the molecule is COc1cccc(NNC(=S)NC[C@@H]2CCCO2)c1. The topological polar surface area (TPSA) is 54.5 Å². The summed E-state index contributed by atoms with van der Waals surface area (Å²) in [4.78, 5) is 0. The van der Waals surface area contributed by atoms with E-state index in [0.717, 1.165) is 37.4 Å². The number of ether oxygens (including phenoxy) is 2. The Kier molecular flexibility index (Phi) is 5.23. The van der Waals surface area contributed by atoms with Gasteiger partial charge < -0.3 is 14.8 Å². The highest BCUT2D eigenvalue weighted by molar-refractivity contribution is 7.80. The molecule has 1 aliphatic rings. The van der Waals surface area contributed by atoms with Crippen LogP contribution in [0.4, 0.5) is 5.69 Å². The van der Waals surface area contributed by atoms with Crippen LogP contribution in [0.15, 0.2) is 24.3 Å². The molecule has 1 atom stereocenters. The normalized spacial score (nSPS) is 17.8. The van der Waals surface area contributed by atoms with Crippen molar-refractivity contribution in [3.63, 3.8) is 0 Å². The van der Waals surface area contributed by atoms with Crippen LogP contribution in [-0.2, 0) is 4.74 Å². The first-order chi connectivity index (χ1) is 9.28. The minimum atomic E-state index is 0.275. The summed E-state index contributed by atoms with van der Waals surface area (Å²) in [6, 6.07) is 7.61. The van der Waals surface area contributed by atoms with Crippen molar-refractivity contribution < 1.29 is 9.47 Å². The van der Waals surface area contributed by atoms with E-state index in [-0.39, 0.29) is 6.10 Å². The molecule has 0 bridgehead atoms. The van der Waals surface area contributed by atoms with Crippen LogP contribution >= 0.6 is 12.2 Å². The van der Waals surface area contributed by atoms with Gasteiger partial charge in [0.2, 0.25) is 0 Å². The molecule has 1 saturated heterocycles. The Bertz CT molecular complexity index is 422. The van der Waals surface area contributed by atoms with Crippen molar-refractivity contribution >= 4 is 23.0 Å². The van der Waals surface area contributed by atoms with Crippen LogP contribution in [0.2, 0.25) is 0 Å². The lowest BCUT2D eigenvalue weighted by Crippen LogP contribution is -2.41. The molecule has 0 spiro atoms. The predicted octanol–water partition coefficient (Wildman–Crippen LogP) is 1.67. The Morgan fingerprint density at radius 1 is 1.53 bits per heavy atom. The Balaban J connectivity index is 1.70. The molecule has 1 heterocycles. The third kappa shape index (κ3) is 4.57. The van der Waals surface area contributed by atoms with Crippen LogP contribution in [0, 0.1) is 0 Å². The molecule has 0 aromatic heterocycles. The highest BCUT2D eigenvalue weighted by atomic mass is 32.1. The number of hydrogen-bond donors (Lipinski definition) is 3. The maximum Gasteiger partial charge on any atom is 0.185 e. The monoisotopic (exact) mass is 281 g/mol. The van der Waals surface area contributed by atoms with Crippen LogP contribution in [0.3, 0.4) is 0 Å². The van der Waals surface area contributed by atoms with Crippen molar-refractivity contribution in [2.45, 2.75) is 18.9 Å². The molecule has 0 amide bonds. The minimum absolute atomic E-state index is 0.275. The smallest absolute Gasteiger partial charge is 0.185 e. The standard InChI is InChI=1S/C13H19N3O2S/c1-17-11-5-2-4-10(8-11)15-16-13(19)14-9-12-6-3-7-18-12/h2,4-5,8,12,15H,3,6-7,9H2,1H3,(H2,14,16,19)/t12-/m0/s1. The molecule has 19 heavy (non-hydrogen) atoms. The number of anilines is 1.